The van der Waals surface area contributed by atoms with E-state index < -0.39 is 24.3 Å². The third kappa shape index (κ3) is 10.9. The number of likely N-dealkylation sites (N-methyl/N-ethyl adjacent to an activating group) is 1. The Hall–Kier alpha value is -2.98. The second kappa shape index (κ2) is 13.2. The van der Waals surface area contributed by atoms with Gasteiger partial charge in [-0.05, 0) is 12.1 Å². The van der Waals surface area contributed by atoms with Crippen molar-refractivity contribution in [3.05, 3.63) is 30.1 Å². The van der Waals surface area contributed by atoms with Crippen LogP contribution in [-0.4, -0.2) is 107 Å². The molecule has 1 aromatic heterocycles. The van der Waals surface area contributed by atoms with E-state index in [1.54, 1.807) is 7.05 Å². The van der Waals surface area contributed by atoms with Gasteiger partial charge >= 0.3 is 24.3 Å². The standard InChI is InChI=1S/C15H22N4O2.2C2HF3O2/c1-16-15(20)11-19-6-7-21-14-10-18(9-13(14)19)8-12-4-2-3-5-17-12;2*3-2(4,5)1(6)7/h2-5,13-14H,6-11H2,1H3,(H,16,20);2*(H,6,7)/t13-,14+;;/m1../s1. The van der Waals surface area contributed by atoms with Gasteiger partial charge in [-0.15, -0.1) is 0 Å². The van der Waals surface area contributed by atoms with Crippen molar-refractivity contribution in [1.82, 2.24) is 20.1 Å². The number of morpholine rings is 1. The highest BCUT2D eigenvalue weighted by Crippen LogP contribution is 2.23. The highest BCUT2D eigenvalue weighted by molar-refractivity contribution is 5.77. The summed E-state index contributed by atoms with van der Waals surface area (Å²) in [5.41, 5.74) is 1.08. The molecular formula is C19H24F6N4O6. The third-order valence-electron chi connectivity index (χ3n) is 4.71. The molecule has 3 heterocycles. The average Bonchev–Trinajstić information content (AvgIpc) is 3.17. The molecule has 3 N–H and O–H groups in total. The van der Waals surface area contributed by atoms with Crippen molar-refractivity contribution in [1.29, 1.82) is 0 Å². The monoisotopic (exact) mass is 518 g/mol. The molecule has 3 rings (SSSR count). The second-order valence-electron chi connectivity index (χ2n) is 7.24. The van der Waals surface area contributed by atoms with Crippen LogP contribution in [0.1, 0.15) is 5.69 Å². The molecule has 198 valence electrons. The number of aromatic nitrogens is 1. The summed E-state index contributed by atoms with van der Waals surface area (Å²) in [6, 6.07) is 6.30. The lowest BCUT2D eigenvalue weighted by Crippen LogP contribution is -2.53. The molecule has 2 atom stereocenters. The van der Waals surface area contributed by atoms with Crippen LogP contribution in [0, 0.1) is 0 Å². The summed E-state index contributed by atoms with van der Waals surface area (Å²) in [5.74, 6) is -5.45. The Labute approximate surface area is 195 Å². The number of hydrogen-bond acceptors (Lipinski definition) is 7. The predicted molar refractivity (Wildman–Crippen MR) is 106 cm³/mol. The topological polar surface area (TPSA) is 132 Å². The number of nitrogens with zero attached hydrogens (tertiary/aromatic N) is 3. The maximum atomic E-state index is 11.6. The van der Waals surface area contributed by atoms with Crippen molar-refractivity contribution < 1.29 is 55.7 Å². The molecule has 0 unspecified atom stereocenters. The first-order chi connectivity index (χ1) is 16.1. The van der Waals surface area contributed by atoms with Crippen molar-refractivity contribution in [3.8, 4) is 0 Å². The summed E-state index contributed by atoms with van der Waals surface area (Å²) in [7, 11) is 1.68. The molecule has 0 radical (unpaired) electrons. The fraction of sp³-hybridized carbons (Fsp3) is 0.579. The SMILES string of the molecule is CNC(=O)CN1CCO[C@H]2CN(Cc3ccccn3)C[C@H]21.O=C(O)C(F)(F)F.O=C(O)C(F)(F)F. The van der Waals surface area contributed by atoms with E-state index in [4.69, 9.17) is 24.5 Å². The number of amides is 1. The number of carboxylic acids is 2. The fourth-order valence-electron chi connectivity index (χ4n) is 3.14. The van der Waals surface area contributed by atoms with Gasteiger partial charge in [-0.25, -0.2) is 9.59 Å². The molecule has 35 heavy (non-hydrogen) atoms. The summed E-state index contributed by atoms with van der Waals surface area (Å²) in [4.78, 5) is 38.4. The Balaban J connectivity index is 0.000000362. The maximum Gasteiger partial charge on any atom is 0.490 e. The van der Waals surface area contributed by atoms with Gasteiger partial charge in [0.15, 0.2) is 0 Å². The number of ether oxygens (including phenoxy) is 1. The maximum absolute atomic E-state index is 11.6. The highest BCUT2D eigenvalue weighted by atomic mass is 19.4. The lowest BCUT2D eigenvalue weighted by atomic mass is 10.1. The Morgan fingerprint density at radius 2 is 1.66 bits per heavy atom. The molecule has 1 aromatic rings. The Morgan fingerprint density at radius 3 is 2.11 bits per heavy atom. The predicted octanol–water partition coefficient (Wildman–Crippen LogP) is 0.979. The van der Waals surface area contributed by atoms with E-state index in [2.05, 4.69) is 20.1 Å². The number of carbonyl (C=O) groups is 3. The Bertz CT molecular complexity index is 815. The Morgan fingerprint density at radius 1 is 1.09 bits per heavy atom. The number of aliphatic carboxylic acids is 2. The summed E-state index contributed by atoms with van der Waals surface area (Å²) < 4.78 is 69.4. The summed E-state index contributed by atoms with van der Waals surface area (Å²) in [6.07, 6.45) is -8.14. The van der Waals surface area contributed by atoms with Crippen LogP contribution in [0.3, 0.4) is 0 Å². The molecule has 0 spiro atoms. The van der Waals surface area contributed by atoms with Crippen molar-refractivity contribution in [2.75, 3.05) is 39.8 Å². The number of nitrogens with one attached hydrogen (secondary N) is 1. The van der Waals surface area contributed by atoms with E-state index in [1.165, 1.54) is 0 Å². The number of carboxylic acid groups (broad SMARTS) is 2. The number of likely N-dealkylation sites (tertiary alicyclic amines) is 1. The minimum atomic E-state index is -5.08. The molecule has 2 aliphatic rings. The molecule has 0 bridgehead atoms. The largest absolute Gasteiger partial charge is 0.490 e. The van der Waals surface area contributed by atoms with Gasteiger partial charge < -0.3 is 20.3 Å². The van der Waals surface area contributed by atoms with Gasteiger partial charge in [-0.3, -0.25) is 19.6 Å². The zero-order valence-corrected chi connectivity index (χ0v) is 18.3. The molecule has 0 aromatic carbocycles. The molecule has 0 aliphatic carbocycles. The third-order valence-corrected chi connectivity index (χ3v) is 4.71. The number of fused-ring (bicyclic) bond motifs is 1. The van der Waals surface area contributed by atoms with Crippen LogP contribution in [0.2, 0.25) is 0 Å². The van der Waals surface area contributed by atoms with Gasteiger partial charge in [0.05, 0.1) is 31.0 Å². The molecule has 16 heteroatoms. The normalized spacial score (nSPS) is 20.4. The quantitative estimate of drug-likeness (QED) is 0.499. The number of alkyl halides is 6. The summed E-state index contributed by atoms with van der Waals surface area (Å²) in [5, 5.41) is 16.9. The smallest absolute Gasteiger partial charge is 0.475 e. The minimum absolute atomic E-state index is 0.0684. The molecule has 2 fully saturated rings. The number of pyridine rings is 1. The molecular weight excluding hydrogens is 494 g/mol. The lowest BCUT2D eigenvalue weighted by molar-refractivity contribution is -0.193. The average molecular weight is 518 g/mol. The first-order valence-corrected chi connectivity index (χ1v) is 9.93. The van der Waals surface area contributed by atoms with Crippen LogP contribution in [-0.2, 0) is 25.7 Å². The van der Waals surface area contributed by atoms with Crippen LogP contribution < -0.4 is 5.32 Å². The van der Waals surface area contributed by atoms with E-state index in [1.807, 2.05) is 24.4 Å². The van der Waals surface area contributed by atoms with Crippen LogP contribution in [0.15, 0.2) is 24.4 Å². The van der Waals surface area contributed by atoms with Crippen LogP contribution in [0.4, 0.5) is 26.3 Å². The lowest BCUT2D eigenvalue weighted by Gasteiger charge is -2.36. The van der Waals surface area contributed by atoms with Crippen molar-refractivity contribution in [2.24, 2.45) is 0 Å². The molecule has 1 amide bonds. The number of carbonyl (C=O) groups excluding carboxylic acids is 1. The van der Waals surface area contributed by atoms with Gasteiger partial charge in [0.2, 0.25) is 5.91 Å². The van der Waals surface area contributed by atoms with E-state index in [9.17, 15) is 31.1 Å². The molecule has 0 saturated carbocycles. The number of rotatable bonds is 4. The van der Waals surface area contributed by atoms with Gasteiger partial charge in [-0.2, -0.15) is 26.3 Å². The van der Waals surface area contributed by atoms with Gasteiger partial charge in [0, 0.05) is 39.4 Å². The first kappa shape index (κ1) is 30.1. The fourth-order valence-corrected chi connectivity index (χ4v) is 3.14. The van der Waals surface area contributed by atoms with Crippen molar-refractivity contribution in [3.63, 3.8) is 0 Å². The van der Waals surface area contributed by atoms with E-state index in [0.29, 0.717) is 19.2 Å². The van der Waals surface area contributed by atoms with Gasteiger partial charge in [0.25, 0.3) is 0 Å². The second-order valence-corrected chi connectivity index (χ2v) is 7.24. The van der Waals surface area contributed by atoms with Crippen LogP contribution in [0.25, 0.3) is 0 Å². The minimum Gasteiger partial charge on any atom is -0.475 e. The van der Waals surface area contributed by atoms with Gasteiger partial charge in [-0.1, -0.05) is 6.07 Å². The zero-order chi connectivity index (χ0) is 26.8. The van der Waals surface area contributed by atoms with Crippen LogP contribution >= 0.6 is 0 Å². The molecule has 2 saturated heterocycles. The van der Waals surface area contributed by atoms with E-state index in [0.717, 1.165) is 31.9 Å². The van der Waals surface area contributed by atoms with Crippen molar-refractivity contribution in [2.45, 2.75) is 31.0 Å². The van der Waals surface area contributed by atoms with Crippen LogP contribution in [0.5, 0.6) is 0 Å². The molecule has 2 aliphatic heterocycles. The summed E-state index contributed by atoms with van der Waals surface area (Å²) >= 11 is 0. The number of halogens is 6. The first-order valence-electron chi connectivity index (χ1n) is 9.93. The highest BCUT2D eigenvalue weighted by Gasteiger charge is 2.41. The molecule has 10 nitrogen and oxygen atoms in total. The van der Waals surface area contributed by atoms with Crippen molar-refractivity contribution >= 4 is 17.8 Å². The van der Waals surface area contributed by atoms with Gasteiger partial charge in [0.1, 0.15) is 0 Å². The van der Waals surface area contributed by atoms with E-state index in [-0.39, 0.29) is 12.0 Å². The van der Waals surface area contributed by atoms with E-state index >= 15 is 0 Å². The zero-order valence-electron chi connectivity index (χ0n) is 18.3. The Kier molecular flexibility index (Phi) is 11.3. The number of hydrogen-bond donors (Lipinski definition) is 3. The summed E-state index contributed by atoms with van der Waals surface area (Å²) in [6.45, 7) is 4.66.